The fourth-order valence-electron chi connectivity index (χ4n) is 1.28. The molecule has 3 nitrogen and oxygen atoms in total. The Bertz CT molecular complexity index is 355. The van der Waals surface area contributed by atoms with E-state index in [4.69, 9.17) is 5.11 Å². The van der Waals surface area contributed by atoms with Gasteiger partial charge in [0.15, 0.2) is 0 Å². The predicted octanol–water partition coefficient (Wildman–Crippen LogP) is 2.68. The van der Waals surface area contributed by atoms with E-state index in [0.717, 1.165) is 0 Å². The lowest BCUT2D eigenvalue weighted by Crippen LogP contribution is -2.24. The first-order valence-electron chi connectivity index (χ1n) is 5.59. The number of halogens is 1. The molecule has 0 amide bonds. The largest absolute Gasteiger partial charge is 0.396 e. The van der Waals surface area contributed by atoms with Gasteiger partial charge in [-0.05, 0) is 39.3 Å². The number of aliphatic hydroxyl groups excluding tert-OH is 1. The van der Waals surface area contributed by atoms with E-state index in [9.17, 15) is 4.39 Å². The molecule has 2 N–H and O–H groups in total. The summed E-state index contributed by atoms with van der Waals surface area (Å²) < 4.78 is 16.8. The monoisotopic (exact) mass is 258 g/mol. The molecule has 0 bridgehead atoms. The molecule has 0 aliphatic rings. The van der Waals surface area contributed by atoms with Gasteiger partial charge in [0, 0.05) is 17.6 Å². The smallest absolute Gasteiger partial charge is 0.146 e. The molecule has 96 valence electrons. The van der Waals surface area contributed by atoms with Gasteiger partial charge in [-0.1, -0.05) is 11.9 Å². The predicted molar refractivity (Wildman–Crippen MR) is 69.1 cm³/mol. The average Bonchev–Trinajstić information content (AvgIpc) is 2.24. The standard InChI is InChI=1S/C12H19FN2OS/c1-12(2,3)17-15-10(6-8-16)11-9(13)5-4-7-14-11/h4-5,7,10,15-16H,6,8H2,1-3H3. The third-order valence-corrected chi connectivity index (χ3v) is 3.06. The second-order valence-electron chi connectivity index (χ2n) is 4.77. The van der Waals surface area contributed by atoms with Gasteiger partial charge in [-0.3, -0.25) is 9.71 Å². The topological polar surface area (TPSA) is 45.1 Å². The minimum atomic E-state index is -0.340. The van der Waals surface area contributed by atoms with E-state index in [0.29, 0.717) is 12.1 Å². The van der Waals surface area contributed by atoms with E-state index >= 15 is 0 Å². The molecule has 0 saturated heterocycles. The third-order valence-electron chi connectivity index (χ3n) is 2.04. The fourth-order valence-corrected chi connectivity index (χ4v) is 2.01. The summed E-state index contributed by atoms with van der Waals surface area (Å²) in [6.07, 6.45) is 2.00. The highest BCUT2D eigenvalue weighted by molar-refractivity contribution is 7.98. The average molecular weight is 258 g/mol. The highest BCUT2D eigenvalue weighted by Gasteiger charge is 2.19. The number of nitrogens with one attached hydrogen (secondary N) is 1. The lowest BCUT2D eigenvalue weighted by molar-refractivity contribution is 0.271. The van der Waals surface area contributed by atoms with Gasteiger partial charge in [0.05, 0.1) is 11.7 Å². The summed E-state index contributed by atoms with van der Waals surface area (Å²) in [5.74, 6) is -0.340. The van der Waals surface area contributed by atoms with Gasteiger partial charge in [0.1, 0.15) is 5.82 Å². The molecule has 0 aliphatic heterocycles. The summed E-state index contributed by atoms with van der Waals surface area (Å²) in [6.45, 7) is 6.19. The molecule has 0 radical (unpaired) electrons. The normalized spacial score (nSPS) is 13.7. The summed E-state index contributed by atoms with van der Waals surface area (Å²) in [5.41, 5.74) is 0.360. The van der Waals surface area contributed by atoms with Crippen molar-refractivity contribution in [3.05, 3.63) is 29.8 Å². The number of hydrogen-bond acceptors (Lipinski definition) is 4. The van der Waals surface area contributed by atoms with Crippen LogP contribution in [0.25, 0.3) is 0 Å². The minimum absolute atomic E-state index is 0.00160. The molecule has 1 aromatic heterocycles. The van der Waals surface area contributed by atoms with Crippen LogP contribution in [0.3, 0.4) is 0 Å². The van der Waals surface area contributed by atoms with Gasteiger partial charge in [-0.2, -0.15) is 0 Å². The summed E-state index contributed by atoms with van der Waals surface area (Å²) in [4.78, 5) is 4.04. The molecule has 1 rings (SSSR count). The zero-order valence-corrected chi connectivity index (χ0v) is 11.2. The van der Waals surface area contributed by atoms with Crippen molar-refractivity contribution in [2.24, 2.45) is 0 Å². The molecule has 1 atom stereocenters. The van der Waals surface area contributed by atoms with Crippen LogP contribution in [0.2, 0.25) is 0 Å². The van der Waals surface area contributed by atoms with Gasteiger partial charge in [-0.25, -0.2) is 4.39 Å². The molecule has 0 aromatic carbocycles. The van der Waals surface area contributed by atoms with Crippen LogP contribution in [0.15, 0.2) is 18.3 Å². The van der Waals surface area contributed by atoms with Gasteiger partial charge < -0.3 is 5.11 Å². The maximum Gasteiger partial charge on any atom is 0.146 e. The minimum Gasteiger partial charge on any atom is -0.396 e. The Balaban J connectivity index is 2.75. The van der Waals surface area contributed by atoms with Crippen molar-refractivity contribution in [2.45, 2.75) is 38.0 Å². The van der Waals surface area contributed by atoms with Gasteiger partial charge in [0.25, 0.3) is 0 Å². The Hall–Kier alpha value is -0.650. The molecular weight excluding hydrogens is 239 g/mol. The van der Waals surface area contributed by atoms with Crippen LogP contribution in [0.1, 0.15) is 38.9 Å². The summed E-state index contributed by atoms with van der Waals surface area (Å²) in [5, 5.41) is 9.02. The molecule has 1 aromatic rings. The van der Waals surface area contributed by atoms with Crippen molar-refractivity contribution in [1.29, 1.82) is 0 Å². The zero-order chi connectivity index (χ0) is 12.9. The summed E-state index contributed by atoms with van der Waals surface area (Å²) in [7, 11) is 0. The first-order valence-corrected chi connectivity index (χ1v) is 6.40. The van der Waals surface area contributed by atoms with Gasteiger partial charge in [0.2, 0.25) is 0 Å². The molecule has 17 heavy (non-hydrogen) atoms. The van der Waals surface area contributed by atoms with Crippen molar-refractivity contribution in [1.82, 2.24) is 9.71 Å². The van der Waals surface area contributed by atoms with E-state index in [-0.39, 0.29) is 23.2 Å². The number of rotatable bonds is 5. The maximum atomic E-state index is 13.6. The maximum absolute atomic E-state index is 13.6. The van der Waals surface area contributed by atoms with E-state index in [2.05, 4.69) is 30.5 Å². The van der Waals surface area contributed by atoms with E-state index in [1.165, 1.54) is 18.0 Å². The van der Waals surface area contributed by atoms with Crippen LogP contribution >= 0.6 is 11.9 Å². The van der Waals surface area contributed by atoms with Crippen LogP contribution in [-0.4, -0.2) is 21.4 Å². The van der Waals surface area contributed by atoms with Crippen molar-refractivity contribution < 1.29 is 9.50 Å². The van der Waals surface area contributed by atoms with Crippen molar-refractivity contribution in [3.8, 4) is 0 Å². The number of pyridine rings is 1. The van der Waals surface area contributed by atoms with E-state index < -0.39 is 0 Å². The Morgan fingerprint density at radius 1 is 1.53 bits per heavy atom. The quantitative estimate of drug-likeness (QED) is 0.797. The van der Waals surface area contributed by atoms with E-state index in [1.54, 1.807) is 12.3 Å². The lowest BCUT2D eigenvalue weighted by Gasteiger charge is -2.23. The molecule has 0 spiro atoms. The number of aromatic nitrogens is 1. The Labute approximate surface area is 106 Å². The highest BCUT2D eigenvalue weighted by atomic mass is 32.2. The van der Waals surface area contributed by atoms with Crippen molar-refractivity contribution in [3.63, 3.8) is 0 Å². The van der Waals surface area contributed by atoms with Crippen LogP contribution < -0.4 is 4.72 Å². The lowest BCUT2D eigenvalue weighted by atomic mass is 10.1. The summed E-state index contributed by atoms with van der Waals surface area (Å²) in [6, 6.07) is 2.67. The first kappa shape index (κ1) is 14.4. The second-order valence-corrected chi connectivity index (χ2v) is 6.43. The highest BCUT2D eigenvalue weighted by Crippen LogP contribution is 2.26. The third kappa shape index (κ3) is 5.02. The summed E-state index contributed by atoms with van der Waals surface area (Å²) >= 11 is 1.52. The SMILES string of the molecule is CC(C)(C)SNC(CCO)c1ncccc1F. The fraction of sp³-hybridized carbons (Fsp3) is 0.583. The molecular formula is C12H19FN2OS. The number of aliphatic hydroxyl groups is 1. The van der Waals surface area contributed by atoms with Crippen molar-refractivity contribution in [2.75, 3.05) is 6.61 Å². The molecule has 0 aliphatic carbocycles. The molecule has 5 heteroatoms. The second kappa shape index (κ2) is 6.33. The van der Waals surface area contributed by atoms with Crippen LogP contribution in [0.5, 0.6) is 0 Å². The Morgan fingerprint density at radius 2 is 2.24 bits per heavy atom. The van der Waals surface area contributed by atoms with Gasteiger partial charge in [-0.15, -0.1) is 0 Å². The molecule has 0 fully saturated rings. The number of nitrogens with zero attached hydrogens (tertiary/aromatic N) is 1. The van der Waals surface area contributed by atoms with Crippen molar-refractivity contribution >= 4 is 11.9 Å². The molecule has 0 saturated carbocycles. The first-order chi connectivity index (χ1) is 7.94. The van der Waals surface area contributed by atoms with Crippen LogP contribution in [0, 0.1) is 5.82 Å². The van der Waals surface area contributed by atoms with Crippen LogP contribution in [0.4, 0.5) is 4.39 Å². The zero-order valence-electron chi connectivity index (χ0n) is 10.4. The number of hydrogen-bond donors (Lipinski definition) is 2. The molecule has 1 heterocycles. The molecule has 1 unspecified atom stereocenters. The van der Waals surface area contributed by atoms with Gasteiger partial charge >= 0.3 is 0 Å². The van der Waals surface area contributed by atoms with E-state index in [1.807, 2.05) is 0 Å². The Morgan fingerprint density at radius 3 is 2.76 bits per heavy atom. The Kier molecular flexibility index (Phi) is 5.36. The van der Waals surface area contributed by atoms with Crippen LogP contribution in [-0.2, 0) is 0 Å².